The van der Waals surface area contributed by atoms with Crippen LogP contribution in [0.5, 0.6) is 0 Å². The van der Waals surface area contributed by atoms with Gasteiger partial charge in [0.25, 0.3) is 0 Å². The molecule has 142 valence electrons. The van der Waals surface area contributed by atoms with Crippen molar-refractivity contribution in [3.8, 4) is 0 Å². The summed E-state index contributed by atoms with van der Waals surface area (Å²) in [6.07, 6.45) is 4.27. The van der Waals surface area contributed by atoms with E-state index in [-0.39, 0.29) is 29.9 Å². The van der Waals surface area contributed by atoms with Crippen molar-refractivity contribution >= 4 is 47.7 Å². The third-order valence-electron chi connectivity index (χ3n) is 3.52. The molecule has 0 bridgehead atoms. The van der Waals surface area contributed by atoms with Crippen LogP contribution in [0.25, 0.3) is 0 Å². The van der Waals surface area contributed by atoms with E-state index in [1.807, 2.05) is 6.92 Å². The first kappa shape index (κ1) is 24.0. The second-order valence-electron chi connectivity index (χ2n) is 5.47. The van der Waals surface area contributed by atoms with Crippen molar-refractivity contribution in [2.24, 2.45) is 4.99 Å². The number of hydrogen-bond donors (Lipinski definition) is 2. The molecule has 0 amide bonds. The standard InChI is InChI=1S/C18H29N3O2S.HI/c1-5-19-18(20-11-7-6-8-17(22)23-3)21-13-15-10-9-14(2)12-16(15)24-4;/h9-10,12H,5-8,11,13H2,1-4H3,(H2,19,20,21);1H. The van der Waals surface area contributed by atoms with Crippen molar-refractivity contribution in [1.82, 2.24) is 10.6 Å². The molecule has 2 N–H and O–H groups in total. The highest BCUT2D eigenvalue weighted by molar-refractivity contribution is 14.0. The van der Waals surface area contributed by atoms with Crippen LogP contribution in [0.3, 0.4) is 0 Å². The summed E-state index contributed by atoms with van der Waals surface area (Å²) in [5.41, 5.74) is 2.50. The van der Waals surface area contributed by atoms with Crippen molar-refractivity contribution in [3.05, 3.63) is 29.3 Å². The molecule has 1 aromatic rings. The lowest BCUT2D eigenvalue weighted by Gasteiger charge is -2.12. The van der Waals surface area contributed by atoms with E-state index < -0.39 is 0 Å². The second kappa shape index (κ2) is 14.2. The first-order valence-electron chi connectivity index (χ1n) is 8.33. The minimum Gasteiger partial charge on any atom is -0.469 e. The molecule has 0 spiro atoms. The van der Waals surface area contributed by atoms with E-state index in [0.29, 0.717) is 13.0 Å². The first-order chi connectivity index (χ1) is 11.6. The second-order valence-corrected chi connectivity index (χ2v) is 6.32. The maximum atomic E-state index is 11.1. The van der Waals surface area contributed by atoms with Gasteiger partial charge in [0.05, 0.1) is 13.7 Å². The van der Waals surface area contributed by atoms with Gasteiger partial charge in [0.2, 0.25) is 0 Å². The number of esters is 1. The number of aliphatic imine (C=N–C) groups is 1. The quantitative estimate of drug-likeness (QED) is 0.141. The first-order valence-corrected chi connectivity index (χ1v) is 9.55. The minimum absolute atomic E-state index is 0. The third-order valence-corrected chi connectivity index (χ3v) is 4.34. The van der Waals surface area contributed by atoms with Gasteiger partial charge in [0.15, 0.2) is 5.96 Å². The van der Waals surface area contributed by atoms with Crippen molar-refractivity contribution in [1.29, 1.82) is 0 Å². The SMILES string of the molecule is CCNC(=NCc1ccc(C)cc1SC)NCCCCC(=O)OC.I. The smallest absolute Gasteiger partial charge is 0.305 e. The van der Waals surface area contributed by atoms with E-state index in [4.69, 9.17) is 0 Å². The summed E-state index contributed by atoms with van der Waals surface area (Å²) in [5, 5.41) is 6.56. The number of nitrogens with one attached hydrogen (secondary N) is 2. The minimum atomic E-state index is -0.153. The van der Waals surface area contributed by atoms with Gasteiger partial charge in [-0.3, -0.25) is 4.79 Å². The Labute approximate surface area is 172 Å². The molecule has 0 saturated heterocycles. The Morgan fingerprint density at radius 2 is 2.04 bits per heavy atom. The summed E-state index contributed by atoms with van der Waals surface area (Å²) in [5.74, 6) is 0.655. The fraction of sp³-hybridized carbons (Fsp3) is 0.556. The molecule has 0 aliphatic rings. The van der Waals surface area contributed by atoms with Crippen LogP contribution >= 0.6 is 35.7 Å². The Morgan fingerprint density at radius 3 is 2.68 bits per heavy atom. The number of halogens is 1. The van der Waals surface area contributed by atoms with Crippen molar-refractivity contribution in [2.75, 3.05) is 26.5 Å². The molecule has 0 aliphatic heterocycles. The average molecular weight is 479 g/mol. The third kappa shape index (κ3) is 9.94. The van der Waals surface area contributed by atoms with E-state index in [1.165, 1.54) is 23.1 Å². The zero-order chi connectivity index (χ0) is 17.8. The van der Waals surface area contributed by atoms with Gasteiger partial charge in [-0.2, -0.15) is 0 Å². The van der Waals surface area contributed by atoms with E-state index in [9.17, 15) is 4.79 Å². The monoisotopic (exact) mass is 479 g/mol. The lowest BCUT2D eigenvalue weighted by molar-refractivity contribution is -0.140. The molecule has 0 radical (unpaired) electrons. The van der Waals surface area contributed by atoms with Gasteiger partial charge in [-0.1, -0.05) is 12.1 Å². The molecule has 0 heterocycles. The van der Waals surface area contributed by atoms with E-state index in [2.05, 4.69) is 51.7 Å². The van der Waals surface area contributed by atoms with Crippen molar-refractivity contribution in [3.63, 3.8) is 0 Å². The molecule has 0 aliphatic carbocycles. The Bertz CT molecular complexity index is 553. The Hall–Kier alpha value is -0.960. The van der Waals surface area contributed by atoms with Gasteiger partial charge in [-0.05, 0) is 50.1 Å². The maximum Gasteiger partial charge on any atom is 0.305 e. The molecule has 0 saturated carbocycles. The summed E-state index contributed by atoms with van der Waals surface area (Å²) in [4.78, 5) is 17.0. The van der Waals surface area contributed by atoms with Crippen LogP contribution in [0.2, 0.25) is 0 Å². The van der Waals surface area contributed by atoms with Crippen LogP contribution in [-0.2, 0) is 16.1 Å². The van der Waals surface area contributed by atoms with Gasteiger partial charge < -0.3 is 15.4 Å². The number of carbonyl (C=O) groups is 1. The molecule has 0 unspecified atom stereocenters. The highest BCUT2D eigenvalue weighted by Crippen LogP contribution is 2.22. The number of nitrogens with zero attached hydrogens (tertiary/aromatic N) is 1. The zero-order valence-corrected chi connectivity index (χ0v) is 18.7. The van der Waals surface area contributed by atoms with Crippen LogP contribution in [0, 0.1) is 6.92 Å². The molecule has 1 aromatic carbocycles. The fourth-order valence-corrected chi connectivity index (χ4v) is 2.89. The molecule has 0 fully saturated rings. The molecule has 0 aromatic heterocycles. The van der Waals surface area contributed by atoms with Crippen LogP contribution in [0.1, 0.15) is 37.3 Å². The van der Waals surface area contributed by atoms with E-state index in [1.54, 1.807) is 11.8 Å². The van der Waals surface area contributed by atoms with E-state index in [0.717, 1.165) is 31.9 Å². The number of hydrogen-bond acceptors (Lipinski definition) is 4. The number of guanidine groups is 1. The van der Waals surface area contributed by atoms with E-state index >= 15 is 0 Å². The Kier molecular flexibility index (Phi) is 13.7. The van der Waals surface area contributed by atoms with Crippen LogP contribution in [-0.4, -0.2) is 38.4 Å². The van der Waals surface area contributed by atoms with Crippen molar-refractivity contribution in [2.45, 2.75) is 44.6 Å². The van der Waals surface area contributed by atoms with Crippen LogP contribution in [0.4, 0.5) is 0 Å². The Morgan fingerprint density at radius 1 is 1.28 bits per heavy atom. The number of unbranched alkanes of at least 4 members (excludes halogenated alkanes) is 1. The largest absolute Gasteiger partial charge is 0.469 e. The Balaban J connectivity index is 0.00000576. The van der Waals surface area contributed by atoms with Gasteiger partial charge in [-0.15, -0.1) is 35.7 Å². The van der Waals surface area contributed by atoms with Gasteiger partial charge >= 0.3 is 5.97 Å². The highest BCUT2D eigenvalue weighted by atomic mass is 127. The van der Waals surface area contributed by atoms with Gasteiger partial charge in [0.1, 0.15) is 0 Å². The summed E-state index contributed by atoms with van der Waals surface area (Å²) in [6.45, 7) is 6.40. The number of methoxy groups -OCH3 is 1. The number of aryl methyl sites for hydroxylation is 1. The molecule has 7 heteroatoms. The molecule has 1 rings (SSSR count). The predicted molar refractivity (Wildman–Crippen MR) is 117 cm³/mol. The number of rotatable bonds is 9. The lowest BCUT2D eigenvalue weighted by atomic mass is 10.1. The molecular weight excluding hydrogens is 449 g/mol. The lowest BCUT2D eigenvalue weighted by Crippen LogP contribution is -2.37. The summed E-state index contributed by atoms with van der Waals surface area (Å²) >= 11 is 1.75. The number of carbonyl (C=O) groups excluding carboxylic acids is 1. The molecule has 0 atom stereocenters. The van der Waals surface area contributed by atoms with Crippen LogP contribution in [0.15, 0.2) is 28.1 Å². The maximum absolute atomic E-state index is 11.1. The molecular formula is C18H30IN3O2S. The van der Waals surface area contributed by atoms with Crippen molar-refractivity contribution < 1.29 is 9.53 Å². The highest BCUT2D eigenvalue weighted by Gasteiger charge is 2.03. The average Bonchev–Trinajstić information content (AvgIpc) is 2.59. The summed E-state index contributed by atoms with van der Waals surface area (Å²) in [6, 6.07) is 6.46. The fourth-order valence-electron chi connectivity index (χ4n) is 2.19. The number of benzene rings is 1. The number of ether oxygens (including phenoxy) is 1. The molecule has 25 heavy (non-hydrogen) atoms. The van der Waals surface area contributed by atoms with Crippen LogP contribution < -0.4 is 10.6 Å². The summed E-state index contributed by atoms with van der Waals surface area (Å²) in [7, 11) is 1.42. The summed E-state index contributed by atoms with van der Waals surface area (Å²) < 4.78 is 4.64. The molecule has 5 nitrogen and oxygen atoms in total. The zero-order valence-electron chi connectivity index (χ0n) is 15.6. The topological polar surface area (TPSA) is 62.7 Å². The normalized spacial score (nSPS) is 10.8. The predicted octanol–water partition coefficient (Wildman–Crippen LogP) is 3.73. The van der Waals surface area contributed by atoms with Gasteiger partial charge in [-0.25, -0.2) is 4.99 Å². The number of thioether (sulfide) groups is 1. The van der Waals surface area contributed by atoms with Gasteiger partial charge in [0, 0.05) is 24.4 Å².